The molecule has 0 spiro atoms. The molecule has 0 saturated carbocycles. The maximum Gasteiger partial charge on any atom is 0.339 e. The van der Waals surface area contributed by atoms with Crippen LogP contribution in [0.4, 0.5) is 5.82 Å². The predicted octanol–water partition coefficient (Wildman–Crippen LogP) is 0.879. The summed E-state index contributed by atoms with van der Waals surface area (Å²) in [6.45, 7) is 2.16. The first kappa shape index (κ1) is 12.6. The summed E-state index contributed by atoms with van der Waals surface area (Å²) in [7, 11) is -0.900. The van der Waals surface area contributed by atoms with Crippen molar-refractivity contribution in [2.75, 3.05) is 23.9 Å². The second-order valence-electron chi connectivity index (χ2n) is 3.36. The van der Waals surface area contributed by atoms with Gasteiger partial charge in [-0.05, 0) is 18.6 Å². The molecule has 0 amide bonds. The van der Waals surface area contributed by atoms with Crippen LogP contribution in [-0.2, 0) is 10.8 Å². The number of carboxylic acid groups (broad SMARTS) is 1. The molecule has 1 aromatic heterocycles. The van der Waals surface area contributed by atoms with E-state index in [-0.39, 0.29) is 5.56 Å². The second-order valence-corrected chi connectivity index (χ2v) is 4.92. The van der Waals surface area contributed by atoms with Crippen molar-refractivity contribution < 1.29 is 14.1 Å². The predicted molar refractivity (Wildman–Crippen MR) is 63.4 cm³/mol. The Labute approximate surface area is 96.4 Å². The summed E-state index contributed by atoms with van der Waals surface area (Å²) in [6.07, 6.45) is 3.15. The van der Waals surface area contributed by atoms with Crippen molar-refractivity contribution in [3.8, 4) is 0 Å². The molecule has 0 aliphatic rings. The van der Waals surface area contributed by atoms with Gasteiger partial charge in [0.05, 0.1) is 0 Å². The molecule has 1 heterocycles. The number of aryl methyl sites for hydroxylation is 1. The van der Waals surface area contributed by atoms with E-state index >= 15 is 0 Å². The molecule has 1 aromatic rings. The van der Waals surface area contributed by atoms with Crippen LogP contribution in [0.15, 0.2) is 12.3 Å². The van der Waals surface area contributed by atoms with Crippen molar-refractivity contribution in [3.63, 3.8) is 0 Å². The number of anilines is 1. The van der Waals surface area contributed by atoms with Crippen LogP contribution in [0.3, 0.4) is 0 Å². The molecule has 0 bridgehead atoms. The lowest BCUT2D eigenvalue weighted by Gasteiger charge is -2.09. The SMILES string of the molecule is Cc1ccnc(NCCS(C)=O)c1C(=O)O. The van der Waals surface area contributed by atoms with Crippen LogP contribution in [0.2, 0.25) is 0 Å². The fourth-order valence-corrected chi connectivity index (χ4v) is 1.66. The normalized spacial score (nSPS) is 12.1. The van der Waals surface area contributed by atoms with Crippen LogP contribution >= 0.6 is 0 Å². The van der Waals surface area contributed by atoms with Gasteiger partial charge in [-0.2, -0.15) is 0 Å². The van der Waals surface area contributed by atoms with Gasteiger partial charge in [0.1, 0.15) is 11.4 Å². The van der Waals surface area contributed by atoms with Crippen molar-refractivity contribution in [1.29, 1.82) is 0 Å². The van der Waals surface area contributed by atoms with E-state index in [4.69, 9.17) is 5.11 Å². The zero-order valence-corrected chi connectivity index (χ0v) is 10.0. The minimum Gasteiger partial charge on any atom is -0.478 e. The molecule has 5 nitrogen and oxygen atoms in total. The highest BCUT2D eigenvalue weighted by Gasteiger charge is 2.13. The molecule has 0 aliphatic heterocycles. The maximum atomic E-state index is 11.0. The fraction of sp³-hybridized carbons (Fsp3) is 0.400. The summed E-state index contributed by atoms with van der Waals surface area (Å²) in [4.78, 5) is 15.0. The van der Waals surface area contributed by atoms with Gasteiger partial charge >= 0.3 is 5.97 Å². The Bertz CT molecular complexity index is 421. The number of nitrogens with one attached hydrogen (secondary N) is 1. The van der Waals surface area contributed by atoms with Crippen LogP contribution in [-0.4, -0.2) is 38.8 Å². The van der Waals surface area contributed by atoms with Crippen molar-refractivity contribution in [2.24, 2.45) is 0 Å². The topological polar surface area (TPSA) is 79.3 Å². The van der Waals surface area contributed by atoms with Gasteiger partial charge in [-0.15, -0.1) is 0 Å². The summed E-state index contributed by atoms with van der Waals surface area (Å²) in [5.41, 5.74) is 0.826. The molecular weight excluding hydrogens is 228 g/mol. The Morgan fingerprint density at radius 1 is 1.62 bits per heavy atom. The first-order valence-corrected chi connectivity index (χ1v) is 6.48. The van der Waals surface area contributed by atoms with Gasteiger partial charge in [-0.1, -0.05) is 0 Å². The number of rotatable bonds is 5. The van der Waals surface area contributed by atoms with Crippen LogP contribution in [0.5, 0.6) is 0 Å². The molecule has 2 N–H and O–H groups in total. The van der Waals surface area contributed by atoms with Gasteiger partial charge in [-0.3, -0.25) is 4.21 Å². The first-order valence-electron chi connectivity index (χ1n) is 4.75. The molecule has 6 heteroatoms. The Morgan fingerprint density at radius 3 is 2.88 bits per heavy atom. The number of hydrogen-bond acceptors (Lipinski definition) is 4. The average molecular weight is 242 g/mol. The van der Waals surface area contributed by atoms with Crippen molar-refractivity contribution in [3.05, 3.63) is 23.4 Å². The Kier molecular flexibility index (Phi) is 4.42. The highest BCUT2D eigenvalue weighted by molar-refractivity contribution is 7.84. The van der Waals surface area contributed by atoms with E-state index < -0.39 is 16.8 Å². The minimum atomic E-state index is -1.01. The summed E-state index contributed by atoms with van der Waals surface area (Å²) in [5, 5.41) is 11.9. The quantitative estimate of drug-likeness (QED) is 0.801. The van der Waals surface area contributed by atoms with Gasteiger partial charge in [-0.25, -0.2) is 9.78 Å². The smallest absolute Gasteiger partial charge is 0.339 e. The molecule has 1 rings (SSSR count). The molecular formula is C10H14N2O3S. The van der Waals surface area contributed by atoms with E-state index in [1.54, 1.807) is 25.4 Å². The van der Waals surface area contributed by atoms with E-state index in [0.29, 0.717) is 23.7 Å². The number of aromatic carboxylic acids is 1. The third-order valence-electron chi connectivity index (χ3n) is 2.06. The van der Waals surface area contributed by atoms with E-state index in [1.165, 1.54) is 0 Å². The molecule has 0 radical (unpaired) electrons. The van der Waals surface area contributed by atoms with E-state index in [9.17, 15) is 9.00 Å². The Balaban J connectivity index is 2.83. The zero-order valence-electron chi connectivity index (χ0n) is 9.19. The van der Waals surface area contributed by atoms with E-state index in [0.717, 1.165) is 0 Å². The highest BCUT2D eigenvalue weighted by atomic mass is 32.2. The Morgan fingerprint density at radius 2 is 2.31 bits per heavy atom. The zero-order chi connectivity index (χ0) is 12.1. The van der Waals surface area contributed by atoms with Gasteiger partial charge in [0.2, 0.25) is 0 Å². The summed E-state index contributed by atoms with van der Waals surface area (Å²) < 4.78 is 10.9. The van der Waals surface area contributed by atoms with E-state index in [2.05, 4.69) is 10.3 Å². The molecule has 0 aliphatic carbocycles. The molecule has 0 fully saturated rings. The molecule has 0 aromatic carbocycles. The number of nitrogens with zero attached hydrogens (tertiary/aromatic N) is 1. The Hall–Kier alpha value is -1.43. The molecule has 88 valence electrons. The third-order valence-corrected chi connectivity index (χ3v) is 2.83. The third kappa shape index (κ3) is 3.30. The lowest BCUT2D eigenvalue weighted by atomic mass is 10.1. The van der Waals surface area contributed by atoms with Gasteiger partial charge in [0, 0.05) is 35.5 Å². The average Bonchev–Trinajstić information content (AvgIpc) is 2.16. The molecule has 0 saturated heterocycles. The number of aromatic nitrogens is 1. The number of hydrogen-bond donors (Lipinski definition) is 2. The second kappa shape index (κ2) is 5.60. The number of pyridine rings is 1. The molecule has 16 heavy (non-hydrogen) atoms. The van der Waals surface area contributed by atoms with Crippen LogP contribution < -0.4 is 5.32 Å². The summed E-state index contributed by atoms with van der Waals surface area (Å²) in [5.74, 6) is -0.210. The largest absolute Gasteiger partial charge is 0.478 e. The lowest BCUT2D eigenvalue weighted by Crippen LogP contribution is -2.14. The number of carbonyl (C=O) groups is 1. The monoisotopic (exact) mass is 242 g/mol. The molecule has 1 unspecified atom stereocenters. The number of carboxylic acids is 1. The van der Waals surface area contributed by atoms with E-state index in [1.807, 2.05) is 0 Å². The highest BCUT2D eigenvalue weighted by Crippen LogP contribution is 2.15. The lowest BCUT2D eigenvalue weighted by molar-refractivity contribution is 0.0697. The van der Waals surface area contributed by atoms with Crippen molar-refractivity contribution in [1.82, 2.24) is 4.98 Å². The van der Waals surface area contributed by atoms with Crippen LogP contribution in [0.1, 0.15) is 15.9 Å². The van der Waals surface area contributed by atoms with Crippen molar-refractivity contribution in [2.45, 2.75) is 6.92 Å². The van der Waals surface area contributed by atoms with Crippen molar-refractivity contribution >= 4 is 22.6 Å². The summed E-state index contributed by atoms with van der Waals surface area (Å²) in [6, 6.07) is 1.65. The van der Waals surface area contributed by atoms with Gasteiger partial charge < -0.3 is 10.4 Å². The first-order chi connectivity index (χ1) is 7.52. The standard InChI is InChI=1S/C10H14N2O3S/c1-7-3-4-11-9(8(7)10(13)14)12-5-6-16(2)15/h3-4H,5-6H2,1-2H3,(H,11,12)(H,13,14). The maximum absolute atomic E-state index is 11.0. The van der Waals surface area contributed by atoms with Gasteiger partial charge in [0.15, 0.2) is 0 Å². The van der Waals surface area contributed by atoms with Crippen LogP contribution in [0, 0.1) is 6.92 Å². The van der Waals surface area contributed by atoms with Crippen LogP contribution in [0.25, 0.3) is 0 Å². The van der Waals surface area contributed by atoms with Gasteiger partial charge in [0.25, 0.3) is 0 Å². The minimum absolute atomic E-state index is 0.171. The molecule has 1 atom stereocenters. The summed E-state index contributed by atoms with van der Waals surface area (Å²) >= 11 is 0. The fourth-order valence-electron chi connectivity index (χ4n) is 1.28.